The smallest absolute Gasteiger partial charge is 0.418 e. The quantitative estimate of drug-likeness (QED) is 0.507. The molecule has 1 saturated heterocycles. The van der Waals surface area contributed by atoms with Gasteiger partial charge in [-0.2, -0.15) is 13.2 Å². The topological polar surface area (TPSA) is 102 Å². The van der Waals surface area contributed by atoms with Crippen LogP contribution < -0.4 is 5.32 Å². The Kier molecular flexibility index (Phi) is 6.38. The van der Waals surface area contributed by atoms with E-state index >= 15 is 0 Å². The molecule has 0 aliphatic carbocycles. The van der Waals surface area contributed by atoms with Crippen molar-refractivity contribution in [3.8, 4) is 0 Å². The Balaban J connectivity index is 1.39. The maximum atomic E-state index is 13.0. The van der Waals surface area contributed by atoms with Gasteiger partial charge in [0.05, 0.1) is 40.6 Å². The van der Waals surface area contributed by atoms with E-state index in [1.54, 1.807) is 0 Å². The van der Waals surface area contributed by atoms with E-state index in [1.165, 1.54) is 30.3 Å². The highest BCUT2D eigenvalue weighted by atomic mass is 19.4. The summed E-state index contributed by atoms with van der Waals surface area (Å²) in [5.74, 6) is -3.00. The molecule has 0 spiro atoms. The maximum Gasteiger partial charge on any atom is 0.418 e. The van der Waals surface area contributed by atoms with Crippen LogP contribution in [0.4, 0.5) is 18.9 Å². The van der Waals surface area contributed by atoms with E-state index in [4.69, 9.17) is 9.47 Å². The lowest BCUT2D eigenvalue weighted by molar-refractivity contribution is -0.137. The molecule has 2 aromatic carbocycles. The number of imide groups is 1. The highest BCUT2D eigenvalue weighted by Crippen LogP contribution is 2.34. The number of para-hydroxylation sites is 1. The molecule has 4 rings (SSSR count). The SMILES string of the molecule is O=C(COC(=O)c1ccc2c(c1)C(=O)N(C[C@H]1CCCO1)C2=O)Nc1ccccc1C(F)(F)F. The standard InChI is InChI=1S/C23H19F3N2O6/c24-23(25,26)17-5-1-2-6-18(17)27-19(29)12-34-22(32)13-7-8-15-16(10-13)21(31)28(20(15)30)11-14-4-3-9-33-14/h1-2,5-8,10,14H,3-4,9,11-12H2,(H,27,29)/t14-/m1/s1. The molecule has 34 heavy (non-hydrogen) atoms. The Labute approximate surface area is 191 Å². The molecule has 1 N–H and O–H groups in total. The molecule has 0 aromatic heterocycles. The molecule has 1 atom stereocenters. The molecule has 0 saturated carbocycles. The Morgan fingerprint density at radius 2 is 1.82 bits per heavy atom. The third kappa shape index (κ3) is 4.79. The molecule has 0 unspecified atom stereocenters. The zero-order chi connectivity index (χ0) is 24.5. The average Bonchev–Trinajstić information content (AvgIpc) is 3.40. The predicted molar refractivity (Wildman–Crippen MR) is 111 cm³/mol. The minimum atomic E-state index is -4.67. The summed E-state index contributed by atoms with van der Waals surface area (Å²) in [6.45, 7) is -0.162. The molecule has 2 heterocycles. The fraction of sp³-hybridized carbons (Fsp3) is 0.304. The van der Waals surface area contributed by atoms with Crippen LogP contribution in [0.3, 0.4) is 0 Å². The van der Waals surface area contributed by atoms with Crippen LogP contribution >= 0.6 is 0 Å². The number of hydrogen-bond acceptors (Lipinski definition) is 6. The summed E-state index contributed by atoms with van der Waals surface area (Å²) < 4.78 is 49.5. The molecule has 3 amide bonds. The van der Waals surface area contributed by atoms with E-state index in [9.17, 15) is 32.3 Å². The number of benzene rings is 2. The summed E-state index contributed by atoms with van der Waals surface area (Å²) >= 11 is 0. The molecule has 2 aliphatic heterocycles. The van der Waals surface area contributed by atoms with Crippen LogP contribution in [0.5, 0.6) is 0 Å². The van der Waals surface area contributed by atoms with Gasteiger partial charge in [0, 0.05) is 6.61 Å². The fourth-order valence-electron chi connectivity index (χ4n) is 3.82. The summed E-state index contributed by atoms with van der Waals surface area (Å²) in [6.07, 6.45) is -3.32. The van der Waals surface area contributed by atoms with Crippen LogP contribution in [0.15, 0.2) is 42.5 Å². The van der Waals surface area contributed by atoms with Crippen molar-refractivity contribution in [3.63, 3.8) is 0 Å². The molecule has 2 aliphatic rings. The number of rotatable bonds is 6. The van der Waals surface area contributed by atoms with Gasteiger partial charge in [-0.15, -0.1) is 0 Å². The summed E-state index contributed by atoms with van der Waals surface area (Å²) in [5, 5.41) is 2.07. The number of anilines is 1. The van der Waals surface area contributed by atoms with Crippen molar-refractivity contribution in [3.05, 3.63) is 64.7 Å². The molecule has 1 fully saturated rings. The molecule has 8 nitrogen and oxygen atoms in total. The second-order valence-corrected chi connectivity index (χ2v) is 7.78. The molecular weight excluding hydrogens is 457 g/mol. The number of alkyl halides is 3. The van der Waals surface area contributed by atoms with Gasteiger partial charge in [0.25, 0.3) is 17.7 Å². The lowest BCUT2D eigenvalue weighted by atomic mass is 10.1. The Bertz CT molecular complexity index is 1160. The van der Waals surface area contributed by atoms with E-state index in [-0.39, 0.29) is 29.3 Å². The monoisotopic (exact) mass is 476 g/mol. The third-order valence-corrected chi connectivity index (χ3v) is 5.46. The van der Waals surface area contributed by atoms with Gasteiger partial charge in [0.15, 0.2) is 6.61 Å². The number of fused-ring (bicyclic) bond motifs is 1. The van der Waals surface area contributed by atoms with Gasteiger partial charge in [0.2, 0.25) is 0 Å². The third-order valence-electron chi connectivity index (χ3n) is 5.46. The summed E-state index contributed by atoms with van der Waals surface area (Å²) in [7, 11) is 0. The zero-order valence-electron chi connectivity index (χ0n) is 17.7. The van der Waals surface area contributed by atoms with Gasteiger partial charge in [-0.1, -0.05) is 12.1 Å². The van der Waals surface area contributed by atoms with Gasteiger partial charge in [-0.05, 0) is 43.2 Å². The Morgan fingerprint density at radius 3 is 2.53 bits per heavy atom. The second-order valence-electron chi connectivity index (χ2n) is 7.78. The van der Waals surface area contributed by atoms with Crippen LogP contribution in [0.25, 0.3) is 0 Å². The van der Waals surface area contributed by atoms with Crippen molar-refractivity contribution in [1.29, 1.82) is 0 Å². The van der Waals surface area contributed by atoms with E-state index < -0.39 is 47.7 Å². The van der Waals surface area contributed by atoms with E-state index in [2.05, 4.69) is 5.32 Å². The summed E-state index contributed by atoms with van der Waals surface area (Å²) in [6, 6.07) is 8.19. The van der Waals surface area contributed by atoms with E-state index in [1.807, 2.05) is 0 Å². The number of nitrogens with zero attached hydrogens (tertiary/aromatic N) is 1. The minimum absolute atomic E-state index is 0.0287. The summed E-state index contributed by atoms with van der Waals surface area (Å²) in [4.78, 5) is 50.7. The highest BCUT2D eigenvalue weighted by molar-refractivity contribution is 6.22. The molecule has 178 valence electrons. The number of amides is 3. The van der Waals surface area contributed by atoms with Gasteiger partial charge in [-0.25, -0.2) is 4.79 Å². The lowest BCUT2D eigenvalue weighted by Gasteiger charge is -2.17. The second kappa shape index (κ2) is 9.26. The minimum Gasteiger partial charge on any atom is -0.452 e. The first kappa shape index (κ1) is 23.4. The van der Waals surface area contributed by atoms with Gasteiger partial charge < -0.3 is 14.8 Å². The summed E-state index contributed by atoms with van der Waals surface area (Å²) in [5.41, 5.74) is -1.42. The Hall–Kier alpha value is -3.73. The number of esters is 1. The number of carbonyl (C=O) groups is 4. The molecule has 0 bridgehead atoms. The first-order valence-corrected chi connectivity index (χ1v) is 10.4. The van der Waals surface area contributed by atoms with Crippen molar-refractivity contribution >= 4 is 29.4 Å². The van der Waals surface area contributed by atoms with Crippen LogP contribution in [-0.4, -0.2) is 54.5 Å². The zero-order valence-corrected chi connectivity index (χ0v) is 17.7. The van der Waals surface area contributed by atoms with Crippen LogP contribution in [0.1, 0.15) is 49.5 Å². The highest BCUT2D eigenvalue weighted by Gasteiger charge is 2.38. The first-order chi connectivity index (χ1) is 16.1. The maximum absolute atomic E-state index is 13.0. The molecule has 2 aromatic rings. The largest absolute Gasteiger partial charge is 0.452 e. The van der Waals surface area contributed by atoms with Crippen molar-refractivity contribution in [2.45, 2.75) is 25.1 Å². The van der Waals surface area contributed by atoms with Gasteiger partial charge in [-0.3, -0.25) is 19.3 Å². The van der Waals surface area contributed by atoms with Crippen LogP contribution in [0, 0.1) is 0 Å². The number of ether oxygens (including phenoxy) is 2. The average molecular weight is 476 g/mol. The molecule has 0 radical (unpaired) electrons. The van der Waals surface area contributed by atoms with Crippen molar-refractivity contribution in [1.82, 2.24) is 4.90 Å². The fourth-order valence-corrected chi connectivity index (χ4v) is 3.82. The number of carbonyl (C=O) groups excluding carboxylic acids is 4. The predicted octanol–water partition coefficient (Wildman–Crippen LogP) is 3.28. The molecular formula is C23H19F3N2O6. The van der Waals surface area contributed by atoms with Crippen molar-refractivity contribution in [2.24, 2.45) is 0 Å². The Morgan fingerprint density at radius 1 is 1.09 bits per heavy atom. The van der Waals surface area contributed by atoms with Crippen LogP contribution in [-0.2, 0) is 20.4 Å². The number of halogens is 3. The normalized spacial score (nSPS) is 17.6. The lowest BCUT2D eigenvalue weighted by Crippen LogP contribution is -2.36. The number of hydrogen-bond donors (Lipinski definition) is 1. The van der Waals surface area contributed by atoms with Crippen molar-refractivity contribution in [2.75, 3.05) is 25.1 Å². The van der Waals surface area contributed by atoms with Gasteiger partial charge in [0.1, 0.15) is 0 Å². The molecule has 11 heteroatoms. The van der Waals surface area contributed by atoms with Crippen molar-refractivity contribution < 1.29 is 41.8 Å². The number of nitrogens with one attached hydrogen (secondary N) is 1. The van der Waals surface area contributed by atoms with Crippen LogP contribution in [0.2, 0.25) is 0 Å². The van der Waals surface area contributed by atoms with E-state index in [0.29, 0.717) is 6.61 Å². The van der Waals surface area contributed by atoms with Gasteiger partial charge >= 0.3 is 12.1 Å². The van der Waals surface area contributed by atoms with E-state index in [0.717, 1.165) is 29.9 Å². The first-order valence-electron chi connectivity index (χ1n) is 10.4.